The lowest BCUT2D eigenvalue weighted by Gasteiger charge is -2.26. The van der Waals surface area contributed by atoms with E-state index in [9.17, 15) is 13.2 Å². The summed E-state index contributed by atoms with van der Waals surface area (Å²) in [6.07, 6.45) is -3.42. The molecule has 3 N–H and O–H groups in total. The van der Waals surface area contributed by atoms with Gasteiger partial charge in [-0.25, -0.2) is 0 Å². The van der Waals surface area contributed by atoms with E-state index in [1.54, 1.807) is 0 Å². The Hall–Kier alpha value is -2.24. The lowest BCUT2D eigenvalue weighted by atomic mass is 10.1. The van der Waals surface area contributed by atoms with Crippen molar-refractivity contribution in [2.24, 2.45) is 10.7 Å². The van der Waals surface area contributed by atoms with E-state index in [2.05, 4.69) is 27.0 Å². The lowest BCUT2D eigenvalue weighted by Crippen LogP contribution is -2.37. The first kappa shape index (κ1) is 20.1. The second-order valence-electron chi connectivity index (χ2n) is 5.80. The summed E-state index contributed by atoms with van der Waals surface area (Å²) >= 11 is 0. The topological polar surface area (TPSA) is 62.9 Å². The Morgan fingerprint density at radius 3 is 2.58 bits per heavy atom. The quantitative estimate of drug-likeness (QED) is 0.359. The lowest BCUT2D eigenvalue weighted by molar-refractivity contribution is -0.137. The van der Waals surface area contributed by atoms with Gasteiger partial charge < -0.3 is 15.8 Å². The molecule has 1 aromatic rings. The summed E-state index contributed by atoms with van der Waals surface area (Å²) < 4.78 is 42.7. The average Bonchev–Trinajstić information content (AvgIpc) is 2.63. The molecule has 0 aliphatic carbocycles. The summed E-state index contributed by atoms with van der Waals surface area (Å²) in [5.74, 6) is 5.90. The van der Waals surface area contributed by atoms with E-state index in [0.29, 0.717) is 18.1 Å². The van der Waals surface area contributed by atoms with Gasteiger partial charge in [0.15, 0.2) is 5.96 Å². The van der Waals surface area contributed by atoms with Gasteiger partial charge in [0.2, 0.25) is 0 Å². The summed E-state index contributed by atoms with van der Waals surface area (Å²) in [6, 6.07) is 4.72. The molecule has 8 heteroatoms. The Morgan fingerprint density at radius 2 is 1.92 bits per heavy atom. The number of guanidine groups is 1. The third-order valence-electron chi connectivity index (χ3n) is 3.82. The van der Waals surface area contributed by atoms with Crippen LogP contribution in [-0.4, -0.2) is 56.8 Å². The Kier molecular flexibility index (Phi) is 7.75. The maximum atomic E-state index is 12.5. The molecule has 26 heavy (non-hydrogen) atoms. The number of nitrogens with two attached hydrogens (primary N) is 1. The minimum absolute atomic E-state index is 0.278. The number of aliphatic imine (C=N–C) groups is 1. The first-order valence-electron chi connectivity index (χ1n) is 8.45. The van der Waals surface area contributed by atoms with Gasteiger partial charge in [-0.15, -0.1) is 0 Å². The van der Waals surface area contributed by atoms with Crippen LogP contribution < -0.4 is 11.1 Å². The van der Waals surface area contributed by atoms with Crippen LogP contribution in [0.15, 0.2) is 29.3 Å². The molecule has 0 atom stereocenters. The van der Waals surface area contributed by atoms with Gasteiger partial charge in [0.05, 0.1) is 25.3 Å². The Labute approximate surface area is 151 Å². The molecule has 5 nitrogen and oxygen atoms in total. The molecule has 1 aliphatic rings. The van der Waals surface area contributed by atoms with Gasteiger partial charge in [-0.1, -0.05) is 11.8 Å². The molecule has 1 aliphatic heterocycles. The van der Waals surface area contributed by atoms with Crippen molar-refractivity contribution in [2.75, 3.05) is 45.9 Å². The third-order valence-corrected chi connectivity index (χ3v) is 3.82. The Bertz CT molecular complexity index is 641. The molecule has 0 aromatic heterocycles. The van der Waals surface area contributed by atoms with Crippen LogP contribution in [0.25, 0.3) is 0 Å². The molecule has 1 saturated heterocycles. The first-order valence-corrected chi connectivity index (χ1v) is 8.45. The van der Waals surface area contributed by atoms with Gasteiger partial charge in [-0.3, -0.25) is 9.89 Å². The molecule has 2 rings (SSSR count). The number of hydrogen-bond donors (Lipinski definition) is 2. The van der Waals surface area contributed by atoms with Crippen LogP contribution in [0, 0.1) is 11.8 Å². The highest BCUT2D eigenvalue weighted by Gasteiger charge is 2.29. The molecule has 1 aromatic carbocycles. The number of hydrogen-bond acceptors (Lipinski definition) is 3. The zero-order valence-electron chi connectivity index (χ0n) is 14.5. The monoisotopic (exact) mass is 368 g/mol. The van der Waals surface area contributed by atoms with Crippen LogP contribution in [-0.2, 0) is 10.9 Å². The fourth-order valence-corrected chi connectivity index (χ4v) is 2.40. The normalized spacial score (nSPS) is 16.0. The van der Waals surface area contributed by atoms with Crippen molar-refractivity contribution in [1.29, 1.82) is 0 Å². The largest absolute Gasteiger partial charge is 0.416 e. The zero-order valence-corrected chi connectivity index (χ0v) is 14.5. The average molecular weight is 368 g/mol. The van der Waals surface area contributed by atoms with Crippen LogP contribution in [0.4, 0.5) is 13.2 Å². The number of morpholine rings is 1. The van der Waals surface area contributed by atoms with Crippen LogP contribution in [0.1, 0.15) is 17.5 Å². The Balaban J connectivity index is 1.66. The molecule has 142 valence electrons. The first-order chi connectivity index (χ1) is 12.4. The maximum absolute atomic E-state index is 12.5. The standard InChI is InChI=1S/C18H23F3N4O/c19-18(20,21)16-6-4-15(5-7-16)3-1-8-23-17(22)24-9-2-10-25-11-13-26-14-12-25/h4-7H,2,8-14H2,(H3,22,23,24). The van der Waals surface area contributed by atoms with Crippen LogP contribution in [0.5, 0.6) is 0 Å². The number of nitrogens with zero attached hydrogens (tertiary/aromatic N) is 2. The van der Waals surface area contributed by atoms with Crippen molar-refractivity contribution < 1.29 is 17.9 Å². The number of benzene rings is 1. The highest BCUT2D eigenvalue weighted by molar-refractivity contribution is 5.78. The fourth-order valence-electron chi connectivity index (χ4n) is 2.40. The van der Waals surface area contributed by atoms with E-state index in [1.165, 1.54) is 12.1 Å². The summed E-state index contributed by atoms with van der Waals surface area (Å²) in [5, 5.41) is 2.87. The van der Waals surface area contributed by atoms with Gasteiger partial charge in [0, 0.05) is 31.7 Å². The third kappa shape index (κ3) is 7.33. The fraction of sp³-hybridized carbons (Fsp3) is 0.500. The molecule has 1 fully saturated rings. The van der Waals surface area contributed by atoms with Crippen LogP contribution in [0.2, 0.25) is 0 Å². The molecule has 0 radical (unpaired) electrons. The van der Waals surface area contributed by atoms with Gasteiger partial charge in [-0.05, 0) is 30.7 Å². The van der Waals surface area contributed by atoms with Crippen molar-refractivity contribution in [1.82, 2.24) is 10.2 Å². The number of nitrogens with one attached hydrogen (secondary N) is 1. The summed E-state index contributed by atoms with van der Waals surface area (Å²) in [6.45, 7) is 5.35. The second kappa shape index (κ2) is 10.0. The van der Waals surface area contributed by atoms with E-state index in [1.807, 2.05) is 0 Å². The summed E-state index contributed by atoms with van der Waals surface area (Å²) in [5.41, 5.74) is 5.58. The van der Waals surface area contributed by atoms with Crippen LogP contribution in [0.3, 0.4) is 0 Å². The molecule has 0 spiro atoms. The minimum Gasteiger partial charge on any atom is -0.379 e. The highest BCUT2D eigenvalue weighted by atomic mass is 19.4. The van der Waals surface area contributed by atoms with Crippen LogP contribution >= 0.6 is 0 Å². The van der Waals surface area contributed by atoms with Gasteiger partial charge >= 0.3 is 6.18 Å². The molecular weight excluding hydrogens is 345 g/mol. The molecule has 0 amide bonds. The number of alkyl halides is 3. The van der Waals surface area contributed by atoms with E-state index in [-0.39, 0.29) is 6.54 Å². The SMILES string of the molecule is NC(=NCCCN1CCOCC1)NCC#Cc1ccc(C(F)(F)F)cc1. The molecule has 1 heterocycles. The van der Waals surface area contributed by atoms with Crippen molar-refractivity contribution in [2.45, 2.75) is 12.6 Å². The summed E-state index contributed by atoms with van der Waals surface area (Å²) in [7, 11) is 0. The number of halogens is 3. The van der Waals surface area contributed by atoms with E-state index >= 15 is 0 Å². The van der Waals surface area contributed by atoms with Crippen molar-refractivity contribution >= 4 is 5.96 Å². The smallest absolute Gasteiger partial charge is 0.379 e. The van der Waals surface area contributed by atoms with Crippen molar-refractivity contribution in [3.05, 3.63) is 35.4 Å². The van der Waals surface area contributed by atoms with Crippen molar-refractivity contribution in [3.63, 3.8) is 0 Å². The predicted octanol–water partition coefficient (Wildman–Crippen LogP) is 1.68. The Morgan fingerprint density at radius 1 is 1.23 bits per heavy atom. The van der Waals surface area contributed by atoms with Gasteiger partial charge in [0.25, 0.3) is 0 Å². The van der Waals surface area contributed by atoms with Gasteiger partial charge in [0.1, 0.15) is 0 Å². The minimum atomic E-state index is -4.33. The highest BCUT2D eigenvalue weighted by Crippen LogP contribution is 2.28. The molecule has 0 bridgehead atoms. The summed E-state index contributed by atoms with van der Waals surface area (Å²) in [4.78, 5) is 6.56. The van der Waals surface area contributed by atoms with E-state index in [0.717, 1.165) is 51.4 Å². The second-order valence-corrected chi connectivity index (χ2v) is 5.80. The molecule has 0 saturated carbocycles. The van der Waals surface area contributed by atoms with E-state index < -0.39 is 11.7 Å². The number of rotatable bonds is 5. The molecule has 0 unspecified atom stereocenters. The maximum Gasteiger partial charge on any atom is 0.416 e. The number of ether oxygens (including phenoxy) is 1. The van der Waals surface area contributed by atoms with Gasteiger partial charge in [-0.2, -0.15) is 13.2 Å². The van der Waals surface area contributed by atoms with Crippen molar-refractivity contribution in [3.8, 4) is 11.8 Å². The predicted molar refractivity (Wildman–Crippen MR) is 94.7 cm³/mol. The zero-order chi connectivity index (χ0) is 18.8. The molecular formula is C18H23F3N4O. The van der Waals surface area contributed by atoms with E-state index in [4.69, 9.17) is 10.5 Å².